The number of aldehydes is 1. The van der Waals surface area contributed by atoms with E-state index in [1.807, 2.05) is 31.2 Å². The highest BCUT2D eigenvalue weighted by molar-refractivity contribution is 7.11. The first kappa shape index (κ1) is 11.7. The van der Waals surface area contributed by atoms with Gasteiger partial charge in [-0.25, -0.2) is 0 Å². The molecule has 0 aliphatic rings. The highest BCUT2D eigenvalue weighted by Crippen LogP contribution is 2.28. The van der Waals surface area contributed by atoms with Gasteiger partial charge in [-0.15, -0.1) is 11.3 Å². The summed E-state index contributed by atoms with van der Waals surface area (Å²) in [6, 6.07) is 9.13. The third kappa shape index (κ3) is 3.07. The van der Waals surface area contributed by atoms with Crippen LogP contribution in [0.4, 0.5) is 0 Å². The van der Waals surface area contributed by atoms with Crippen molar-refractivity contribution in [1.82, 2.24) is 0 Å². The normalized spacial score (nSPS) is 9.94. The van der Waals surface area contributed by atoms with E-state index in [2.05, 4.69) is 0 Å². The summed E-state index contributed by atoms with van der Waals surface area (Å²) in [6.07, 6.45) is 0.814. The van der Waals surface area contributed by atoms with Gasteiger partial charge in [0.2, 0.25) is 0 Å². The van der Waals surface area contributed by atoms with E-state index < -0.39 is 0 Å². The summed E-state index contributed by atoms with van der Waals surface area (Å²) in [6.45, 7) is 2.56. The summed E-state index contributed by atoms with van der Waals surface area (Å²) in [4.78, 5) is 11.2. The predicted molar refractivity (Wildman–Crippen MR) is 67.4 cm³/mol. The number of ether oxygens (including phenoxy) is 2. The summed E-state index contributed by atoms with van der Waals surface area (Å²) in [5.41, 5.74) is 0. The molecule has 0 amide bonds. The molecule has 1 aromatic heterocycles. The van der Waals surface area contributed by atoms with Crippen LogP contribution in [0.3, 0.4) is 0 Å². The van der Waals surface area contributed by atoms with Crippen molar-refractivity contribution in [1.29, 1.82) is 0 Å². The van der Waals surface area contributed by atoms with Crippen LogP contribution in [0.25, 0.3) is 0 Å². The molecule has 2 rings (SSSR count). The number of carbonyl (C=O) groups is 1. The molecule has 1 heterocycles. The van der Waals surface area contributed by atoms with Gasteiger partial charge in [0.25, 0.3) is 0 Å². The van der Waals surface area contributed by atoms with Crippen molar-refractivity contribution in [2.24, 2.45) is 0 Å². The number of rotatable bonds is 5. The highest BCUT2D eigenvalue weighted by Gasteiger charge is 2.02. The Kier molecular flexibility index (Phi) is 3.77. The topological polar surface area (TPSA) is 35.5 Å². The van der Waals surface area contributed by atoms with Crippen molar-refractivity contribution in [2.75, 3.05) is 6.61 Å². The van der Waals surface area contributed by atoms with Gasteiger partial charge in [-0.2, -0.15) is 0 Å². The molecule has 0 bridgehead atoms. The molecule has 0 atom stereocenters. The van der Waals surface area contributed by atoms with E-state index in [0.717, 1.165) is 12.0 Å². The molecule has 0 aliphatic heterocycles. The first-order valence-electron chi connectivity index (χ1n) is 5.26. The van der Waals surface area contributed by atoms with Gasteiger partial charge in [-0.3, -0.25) is 4.79 Å². The first-order valence-corrected chi connectivity index (χ1v) is 6.14. The zero-order chi connectivity index (χ0) is 12.1. The molecule has 2 aromatic rings. The number of carbonyl (C=O) groups excluding carboxylic acids is 1. The lowest BCUT2D eigenvalue weighted by atomic mass is 10.3. The van der Waals surface area contributed by atoms with Crippen LogP contribution in [-0.4, -0.2) is 12.9 Å². The lowest BCUT2D eigenvalue weighted by molar-refractivity contribution is 0.112. The molecule has 0 N–H and O–H groups in total. The number of hydrogen-bond donors (Lipinski definition) is 0. The smallest absolute Gasteiger partial charge is 0.160 e. The quantitative estimate of drug-likeness (QED) is 0.756. The van der Waals surface area contributed by atoms with E-state index in [0.29, 0.717) is 23.0 Å². The molecule has 4 heteroatoms. The average Bonchev–Trinajstić information content (AvgIpc) is 2.78. The van der Waals surface area contributed by atoms with Crippen molar-refractivity contribution >= 4 is 17.6 Å². The van der Waals surface area contributed by atoms with Gasteiger partial charge >= 0.3 is 0 Å². The van der Waals surface area contributed by atoms with Gasteiger partial charge in [0, 0.05) is 17.5 Å². The Morgan fingerprint density at radius 2 is 2.06 bits per heavy atom. The number of hydrogen-bond acceptors (Lipinski definition) is 4. The van der Waals surface area contributed by atoms with Gasteiger partial charge in [0.05, 0.1) is 11.5 Å². The predicted octanol–water partition coefficient (Wildman–Crippen LogP) is 3.75. The van der Waals surface area contributed by atoms with Crippen LogP contribution < -0.4 is 9.47 Å². The average molecular weight is 248 g/mol. The van der Waals surface area contributed by atoms with E-state index in [9.17, 15) is 4.79 Å². The summed E-state index contributed by atoms with van der Waals surface area (Å²) in [5, 5.41) is 1.80. The fraction of sp³-hybridized carbons (Fsp3) is 0.154. The van der Waals surface area contributed by atoms with Gasteiger partial charge in [0.1, 0.15) is 17.2 Å². The molecule has 0 radical (unpaired) electrons. The minimum Gasteiger partial charge on any atom is -0.494 e. The molecular formula is C13H12O3S. The summed E-state index contributed by atoms with van der Waals surface area (Å²) < 4.78 is 11.0. The SMILES string of the molecule is CCOc1cccc(Oc2csc(C=O)c2)c1. The molecule has 0 saturated carbocycles. The molecule has 0 unspecified atom stereocenters. The summed E-state index contributed by atoms with van der Waals surface area (Å²) in [5.74, 6) is 2.15. The molecular weight excluding hydrogens is 236 g/mol. The van der Waals surface area contributed by atoms with Crippen LogP contribution in [0.2, 0.25) is 0 Å². The second kappa shape index (κ2) is 5.50. The van der Waals surface area contributed by atoms with Crippen LogP contribution in [0.1, 0.15) is 16.6 Å². The molecule has 17 heavy (non-hydrogen) atoms. The number of thiophene rings is 1. The van der Waals surface area contributed by atoms with Crippen LogP contribution in [0.15, 0.2) is 35.7 Å². The maximum atomic E-state index is 10.5. The minimum atomic E-state index is 0.622. The Morgan fingerprint density at radius 3 is 2.76 bits per heavy atom. The van der Waals surface area contributed by atoms with Crippen LogP contribution >= 0.6 is 11.3 Å². The Bertz CT molecular complexity index is 505. The molecule has 0 aliphatic carbocycles. The van der Waals surface area contributed by atoms with Crippen molar-refractivity contribution in [3.63, 3.8) is 0 Å². The fourth-order valence-electron chi connectivity index (χ4n) is 1.38. The fourth-order valence-corrected chi connectivity index (χ4v) is 1.99. The largest absolute Gasteiger partial charge is 0.494 e. The molecule has 0 saturated heterocycles. The van der Waals surface area contributed by atoms with E-state index in [4.69, 9.17) is 9.47 Å². The van der Waals surface area contributed by atoms with E-state index in [-0.39, 0.29) is 0 Å². The van der Waals surface area contributed by atoms with Gasteiger partial charge < -0.3 is 9.47 Å². The monoisotopic (exact) mass is 248 g/mol. The second-order valence-electron chi connectivity index (χ2n) is 3.31. The zero-order valence-electron chi connectivity index (χ0n) is 9.38. The van der Waals surface area contributed by atoms with Crippen molar-refractivity contribution in [2.45, 2.75) is 6.92 Å². The standard InChI is InChI=1S/C13H12O3S/c1-2-15-10-4-3-5-11(6-10)16-12-7-13(8-14)17-9-12/h3-9H,2H2,1H3. The van der Waals surface area contributed by atoms with Crippen LogP contribution in [-0.2, 0) is 0 Å². The minimum absolute atomic E-state index is 0.622. The maximum Gasteiger partial charge on any atom is 0.160 e. The third-order valence-electron chi connectivity index (χ3n) is 2.06. The van der Waals surface area contributed by atoms with Crippen molar-refractivity contribution in [3.8, 4) is 17.2 Å². The maximum absolute atomic E-state index is 10.5. The zero-order valence-corrected chi connectivity index (χ0v) is 10.2. The molecule has 3 nitrogen and oxygen atoms in total. The third-order valence-corrected chi connectivity index (χ3v) is 2.90. The lowest BCUT2D eigenvalue weighted by Gasteiger charge is -2.06. The van der Waals surface area contributed by atoms with E-state index in [1.165, 1.54) is 11.3 Å². The van der Waals surface area contributed by atoms with Gasteiger partial charge in [0.15, 0.2) is 6.29 Å². The van der Waals surface area contributed by atoms with Crippen LogP contribution in [0.5, 0.6) is 17.2 Å². The van der Waals surface area contributed by atoms with Crippen molar-refractivity contribution in [3.05, 3.63) is 40.6 Å². The van der Waals surface area contributed by atoms with Crippen LogP contribution in [0, 0.1) is 0 Å². The molecule has 88 valence electrons. The Labute approximate surface area is 104 Å². The van der Waals surface area contributed by atoms with Crippen molar-refractivity contribution < 1.29 is 14.3 Å². The molecule has 0 spiro atoms. The van der Waals surface area contributed by atoms with E-state index >= 15 is 0 Å². The first-order chi connectivity index (χ1) is 8.31. The second-order valence-corrected chi connectivity index (χ2v) is 4.26. The Hall–Kier alpha value is -1.81. The van der Waals surface area contributed by atoms with Gasteiger partial charge in [-0.1, -0.05) is 6.07 Å². The number of benzene rings is 1. The summed E-state index contributed by atoms with van der Waals surface area (Å²) >= 11 is 1.36. The summed E-state index contributed by atoms with van der Waals surface area (Å²) in [7, 11) is 0. The molecule has 1 aromatic carbocycles. The Morgan fingerprint density at radius 1 is 1.24 bits per heavy atom. The molecule has 0 fully saturated rings. The highest BCUT2D eigenvalue weighted by atomic mass is 32.1. The van der Waals surface area contributed by atoms with E-state index in [1.54, 1.807) is 11.4 Å². The van der Waals surface area contributed by atoms with Gasteiger partial charge in [-0.05, 0) is 19.1 Å². The lowest BCUT2D eigenvalue weighted by Crippen LogP contribution is -1.91. The Balaban J connectivity index is 2.12.